The van der Waals surface area contributed by atoms with E-state index in [9.17, 15) is 29.1 Å². The smallest absolute Gasteiger partial charge is 0.323 e. The van der Waals surface area contributed by atoms with Crippen molar-refractivity contribution in [3.63, 3.8) is 0 Å². The van der Waals surface area contributed by atoms with E-state index in [2.05, 4.69) is 16.0 Å². The molecule has 0 radical (unpaired) electrons. The Labute approximate surface area is 288 Å². The number of hydrogen-bond acceptors (Lipinski definition) is 8. The van der Waals surface area contributed by atoms with Gasteiger partial charge in [0.1, 0.15) is 23.7 Å². The van der Waals surface area contributed by atoms with Gasteiger partial charge in [-0.2, -0.15) is 0 Å². The van der Waals surface area contributed by atoms with Crippen molar-refractivity contribution in [2.24, 2.45) is 23.1 Å². The van der Waals surface area contributed by atoms with E-state index in [1.165, 1.54) is 4.90 Å². The lowest BCUT2D eigenvalue weighted by atomic mass is 9.88. The van der Waals surface area contributed by atoms with Crippen molar-refractivity contribution in [1.82, 2.24) is 20.9 Å². The minimum absolute atomic E-state index is 0.000286. The Morgan fingerprint density at radius 2 is 1.29 bits per heavy atom. The third-order valence-electron chi connectivity index (χ3n) is 8.85. The van der Waals surface area contributed by atoms with Gasteiger partial charge in [0.15, 0.2) is 0 Å². The van der Waals surface area contributed by atoms with Crippen LogP contribution in [-0.2, 0) is 36.8 Å². The van der Waals surface area contributed by atoms with E-state index in [0.717, 1.165) is 11.1 Å². The molecule has 13 nitrogen and oxygen atoms in total. The zero-order valence-electron chi connectivity index (χ0n) is 28.6. The Morgan fingerprint density at radius 3 is 1.82 bits per heavy atom. The highest BCUT2D eigenvalue weighted by Crippen LogP contribution is 2.21. The highest BCUT2D eigenvalue weighted by atomic mass is 16.4. The number of carbonyl (C=O) groups is 5. The molecule has 2 aromatic rings. The molecule has 268 valence electrons. The number of carboxylic acid groups (broad SMARTS) is 1. The molecule has 1 saturated heterocycles. The van der Waals surface area contributed by atoms with Crippen molar-refractivity contribution < 1.29 is 29.1 Å². The van der Waals surface area contributed by atoms with Gasteiger partial charge in [0, 0.05) is 19.5 Å². The van der Waals surface area contributed by atoms with Gasteiger partial charge in [-0.1, -0.05) is 74.5 Å². The van der Waals surface area contributed by atoms with Gasteiger partial charge < -0.3 is 43.2 Å². The molecule has 10 N–H and O–H groups in total. The summed E-state index contributed by atoms with van der Waals surface area (Å²) in [5.41, 5.74) is 18.2. The average molecular weight is 680 g/mol. The Kier molecular flexibility index (Phi) is 15.2. The molecular formula is C36H53N7O6. The van der Waals surface area contributed by atoms with Crippen molar-refractivity contribution in [2.45, 2.75) is 94.9 Å². The van der Waals surface area contributed by atoms with Crippen LogP contribution in [-0.4, -0.2) is 88.9 Å². The third-order valence-corrected chi connectivity index (χ3v) is 8.85. The molecule has 1 aliphatic heterocycles. The molecule has 4 amide bonds. The predicted octanol–water partition coefficient (Wildman–Crippen LogP) is 0.833. The largest absolute Gasteiger partial charge is 0.480 e. The highest BCUT2D eigenvalue weighted by Gasteiger charge is 2.40. The van der Waals surface area contributed by atoms with E-state index >= 15 is 0 Å². The maximum absolute atomic E-state index is 13.9. The fourth-order valence-corrected chi connectivity index (χ4v) is 5.86. The van der Waals surface area contributed by atoms with Crippen molar-refractivity contribution in [1.29, 1.82) is 0 Å². The van der Waals surface area contributed by atoms with Crippen LogP contribution in [0.25, 0.3) is 0 Å². The first kappa shape index (κ1) is 39.1. The quantitative estimate of drug-likeness (QED) is 0.111. The van der Waals surface area contributed by atoms with Crippen LogP contribution >= 0.6 is 0 Å². The number of piperidine rings is 1. The number of nitrogens with zero attached hydrogens (tertiary/aromatic N) is 1. The number of unbranched alkanes of at least 4 members (excludes halogenated alkanes) is 1. The van der Waals surface area contributed by atoms with Gasteiger partial charge in [0.25, 0.3) is 0 Å². The first-order chi connectivity index (χ1) is 23.3. The summed E-state index contributed by atoms with van der Waals surface area (Å²) in [4.78, 5) is 67.7. The number of nitrogens with one attached hydrogen (secondary N) is 3. The minimum atomic E-state index is -1.40. The van der Waals surface area contributed by atoms with Crippen LogP contribution in [0.15, 0.2) is 60.7 Å². The van der Waals surface area contributed by atoms with Gasteiger partial charge in [-0.25, -0.2) is 0 Å². The number of likely N-dealkylation sites (tertiary alicyclic amines) is 1. The average Bonchev–Trinajstić information content (AvgIpc) is 3.07. The summed E-state index contributed by atoms with van der Waals surface area (Å²) in [5, 5.41) is 18.0. The van der Waals surface area contributed by atoms with Gasteiger partial charge in [-0.15, -0.1) is 0 Å². The summed E-state index contributed by atoms with van der Waals surface area (Å²) in [6.45, 7) is 4.53. The van der Waals surface area contributed by atoms with E-state index in [1.807, 2.05) is 74.5 Å². The number of aliphatic carboxylic acids is 1. The maximum atomic E-state index is 13.9. The zero-order valence-corrected chi connectivity index (χ0v) is 28.6. The summed E-state index contributed by atoms with van der Waals surface area (Å²) in [6.07, 6.45) is 2.44. The SMILES string of the molecule is CC(C)C[C@H](NC(=O)[C@H](Cc1ccccc1)NC(=O)[C@@H](N)Cc1ccccc1)C(=O)N[C@@H](CCCCN)C(=O)N1CCC(N)(C(=O)O)CC1. The van der Waals surface area contributed by atoms with E-state index in [4.69, 9.17) is 17.2 Å². The molecule has 0 aromatic heterocycles. The van der Waals surface area contributed by atoms with Gasteiger partial charge >= 0.3 is 5.97 Å². The second-order valence-electron chi connectivity index (χ2n) is 13.4. The molecule has 1 aliphatic rings. The first-order valence-electron chi connectivity index (χ1n) is 17.1. The number of benzene rings is 2. The van der Waals surface area contributed by atoms with E-state index in [0.29, 0.717) is 25.8 Å². The number of nitrogens with two attached hydrogens (primary N) is 3. The number of rotatable bonds is 18. The molecule has 3 rings (SSSR count). The molecule has 0 unspecified atom stereocenters. The maximum Gasteiger partial charge on any atom is 0.323 e. The number of amides is 4. The fraction of sp³-hybridized carbons (Fsp3) is 0.528. The zero-order chi connectivity index (χ0) is 36.0. The Hall–Kier alpha value is -4.33. The van der Waals surface area contributed by atoms with Gasteiger partial charge in [0.05, 0.1) is 6.04 Å². The summed E-state index contributed by atoms with van der Waals surface area (Å²) in [7, 11) is 0. The number of hydrogen-bond donors (Lipinski definition) is 7. The van der Waals surface area contributed by atoms with Gasteiger partial charge in [0.2, 0.25) is 23.6 Å². The molecule has 1 fully saturated rings. The van der Waals surface area contributed by atoms with Crippen molar-refractivity contribution in [2.75, 3.05) is 19.6 Å². The summed E-state index contributed by atoms with van der Waals surface area (Å²) in [5.74, 6) is -3.04. The molecule has 49 heavy (non-hydrogen) atoms. The minimum Gasteiger partial charge on any atom is -0.480 e. The normalized spacial score (nSPS) is 16.6. The summed E-state index contributed by atoms with van der Waals surface area (Å²) in [6, 6.07) is 14.7. The monoisotopic (exact) mass is 679 g/mol. The van der Waals surface area contributed by atoms with Crippen LogP contribution in [0.5, 0.6) is 0 Å². The van der Waals surface area contributed by atoms with Crippen LogP contribution in [0.4, 0.5) is 0 Å². The molecule has 0 saturated carbocycles. The van der Waals surface area contributed by atoms with Crippen molar-refractivity contribution in [3.05, 3.63) is 71.8 Å². The van der Waals surface area contributed by atoms with Crippen LogP contribution < -0.4 is 33.2 Å². The number of carbonyl (C=O) groups excluding carboxylic acids is 4. The van der Waals surface area contributed by atoms with E-state index < -0.39 is 53.4 Å². The predicted molar refractivity (Wildman–Crippen MR) is 187 cm³/mol. The second-order valence-corrected chi connectivity index (χ2v) is 13.4. The molecule has 13 heteroatoms. The molecule has 0 aliphatic carbocycles. The van der Waals surface area contributed by atoms with Crippen LogP contribution in [0.3, 0.4) is 0 Å². The Balaban J connectivity index is 1.77. The molecule has 0 spiro atoms. The highest BCUT2D eigenvalue weighted by molar-refractivity contribution is 5.95. The molecule has 2 aromatic carbocycles. The summed E-state index contributed by atoms with van der Waals surface area (Å²) < 4.78 is 0. The number of carboxylic acids is 1. The van der Waals surface area contributed by atoms with Crippen LogP contribution in [0.1, 0.15) is 63.5 Å². The standard InChI is InChI=1S/C36H53N7O6/c1-24(2)21-29(32(45)40-28(15-9-10-18-37)34(47)43-19-16-36(39,17-20-43)35(48)49)42-33(46)30(23-26-13-7-4-8-14-26)41-31(44)27(38)22-25-11-5-3-6-12-25/h3-8,11-14,24,27-30H,9-10,15-23,37-39H2,1-2H3,(H,40,45)(H,41,44)(H,42,46)(H,48,49)/t27-,28-,29-,30-/m0/s1. The first-order valence-corrected chi connectivity index (χ1v) is 17.1. The lowest BCUT2D eigenvalue weighted by Gasteiger charge is -2.38. The lowest BCUT2D eigenvalue weighted by Crippen LogP contribution is -2.60. The Morgan fingerprint density at radius 1 is 0.776 bits per heavy atom. The topological polar surface area (TPSA) is 223 Å². The van der Waals surface area contributed by atoms with Gasteiger partial charge in [-0.05, 0) is 68.5 Å². The van der Waals surface area contributed by atoms with Gasteiger partial charge in [-0.3, -0.25) is 24.0 Å². The third kappa shape index (κ3) is 12.3. The second kappa shape index (κ2) is 19.0. The van der Waals surface area contributed by atoms with Crippen molar-refractivity contribution in [3.8, 4) is 0 Å². The van der Waals surface area contributed by atoms with E-state index in [-0.39, 0.29) is 57.0 Å². The van der Waals surface area contributed by atoms with E-state index in [1.54, 1.807) is 0 Å². The molecule has 4 atom stereocenters. The van der Waals surface area contributed by atoms with Crippen molar-refractivity contribution >= 4 is 29.6 Å². The molecule has 1 heterocycles. The fourth-order valence-electron chi connectivity index (χ4n) is 5.86. The van der Waals surface area contributed by atoms with Crippen LogP contribution in [0.2, 0.25) is 0 Å². The van der Waals surface area contributed by atoms with Crippen LogP contribution in [0, 0.1) is 5.92 Å². The lowest BCUT2D eigenvalue weighted by molar-refractivity contribution is -0.148. The Bertz CT molecular complexity index is 1380. The molecule has 0 bridgehead atoms. The summed E-state index contributed by atoms with van der Waals surface area (Å²) >= 11 is 0. The molecular weight excluding hydrogens is 626 g/mol.